The van der Waals surface area contributed by atoms with Gasteiger partial charge in [-0.25, -0.2) is 4.39 Å². The molecule has 13 heavy (non-hydrogen) atoms. The minimum atomic E-state index is -1.88. The summed E-state index contributed by atoms with van der Waals surface area (Å²) in [6.45, 7) is 7.72. The molecule has 0 aromatic heterocycles. The third-order valence-electron chi connectivity index (χ3n) is 2.15. The number of hydrogen-bond acceptors (Lipinski definition) is 1. The van der Waals surface area contributed by atoms with E-state index in [1.165, 1.54) is 0 Å². The number of halogens is 2. The van der Waals surface area contributed by atoms with E-state index in [2.05, 4.69) is 0 Å². The number of alkyl halides is 2. The molecule has 1 nitrogen and oxygen atoms in total. The van der Waals surface area contributed by atoms with Crippen LogP contribution in [0.3, 0.4) is 0 Å². The van der Waals surface area contributed by atoms with Crippen molar-refractivity contribution in [2.24, 2.45) is 11.8 Å². The van der Waals surface area contributed by atoms with Crippen LogP contribution in [0.2, 0.25) is 0 Å². The molecule has 0 saturated heterocycles. The van der Waals surface area contributed by atoms with Crippen LogP contribution in [0.15, 0.2) is 0 Å². The maximum atomic E-state index is 12.8. The zero-order chi connectivity index (χ0) is 11.1. The van der Waals surface area contributed by atoms with Gasteiger partial charge in [-0.3, -0.25) is 4.39 Å². The highest BCUT2D eigenvalue weighted by atomic mass is 19.2. The van der Waals surface area contributed by atoms with Crippen LogP contribution in [-0.2, 0) is 0 Å². The fourth-order valence-corrected chi connectivity index (χ4v) is 1.56. The maximum Gasteiger partial charge on any atom is 0.209 e. The lowest BCUT2D eigenvalue weighted by molar-refractivity contribution is -0.114. The zero-order valence-corrected chi connectivity index (χ0v) is 9.27. The van der Waals surface area contributed by atoms with Crippen LogP contribution in [0.5, 0.6) is 0 Å². The molecule has 0 radical (unpaired) electrons. The highest BCUT2D eigenvalue weighted by Crippen LogP contribution is 2.39. The van der Waals surface area contributed by atoms with Crippen LogP contribution in [0.25, 0.3) is 0 Å². The Balaban J connectivity index is 0. The highest BCUT2D eigenvalue weighted by Gasteiger charge is 2.41. The largest absolute Gasteiger partial charge is 0.361 e. The Morgan fingerprint density at radius 3 is 1.69 bits per heavy atom. The molecule has 1 rings (SSSR count). The molecule has 0 aromatic rings. The molecule has 1 aliphatic rings. The van der Waals surface area contributed by atoms with Crippen LogP contribution < -0.4 is 0 Å². The molecule has 1 fully saturated rings. The van der Waals surface area contributed by atoms with Crippen molar-refractivity contribution in [1.29, 1.82) is 0 Å². The van der Waals surface area contributed by atoms with Crippen LogP contribution >= 0.6 is 0 Å². The van der Waals surface area contributed by atoms with E-state index in [0.29, 0.717) is 19.5 Å². The molecule has 0 aromatic carbocycles. The molecular weight excluding hydrogens is 174 g/mol. The lowest BCUT2D eigenvalue weighted by atomic mass is 10.1. The van der Waals surface area contributed by atoms with Gasteiger partial charge in [0.1, 0.15) is 0 Å². The van der Waals surface area contributed by atoms with Gasteiger partial charge < -0.3 is 5.11 Å². The molecule has 0 bridgehead atoms. The van der Waals surface area contributed by atoms with Gasteiger partial charge in [-0.15, -0.1) is 0 Å². The normalized spacial score (nSPS) is 36.9. The summed E-state index contributed by atoms with van der Waals surface area (Å²) in [7, 11) is 0.500. The molecule has 3 unspecified atom stereocenters. The number of hydrogen-bond donors (Lipinski definition) is 1. The fraction of sp³-hybridized carbons (Fsp3) is 1.00. The van der Waals surface area contributed by atoms with Crippen molar-refractivity contribution in [2.45, 2.75) is 46.4 Å². The van der Waals surface area contributed by atoms with Crippen molar-refractivity contribution in [1.82, 2.24) is 0 Å². The summed E-state index contributed by atoms with van der Waals surface area (Å²) in [5.41, 5.74) is 0. The summed E-state index contributed by atoms with van der Waals surface area (Å²) in [6.07, 6.45) is 1.13. The average molecular weight is 196 g/mol. The minimum Gasteiger partial charge on any atom is -0.361 e. The van der Waals surface area contributed by atoms with Crippen LogP contribution in [0.1, 0.15) is 40.5 Å². The van der Waals surface area contributed by atoms with Gasteiger partial charge in [-0.1, -0.05) is 27.7 Å². The van der Waals surface area contributed by atoms with Crippen LogP contribution in [0, 0.1) is 11.8 Å². The second kappa shape index (κ2) is 7.25. The molecular formula is C10H22F2O. The summed E-state index contributed by atoms with van der Waals surface area (Å²) in [6, 6.07) is 0. The predicted octanol–water partition coefficient (Wildman–Crippen LogP) is 3.32. The van der Waals surface area contributed by atoms with Gasteiger partial charge in [0.15, 0.2) is 0 Å². The first kappa shape index (κ1) is 15.3. The molecule has 0 amide bonds. The topological polar surface area (TPSA) is 20.2 Å². The molecule has 3 atom stereocenters. The van der Waals surface area contributed by atoms with Gasteiger partial charge in [-0.05, 0) is 12.3 Å². The van der Waals surface area contributed by atoms with Crippen molar-refractivity contribution < 1.29 is 13.9 Å². The molecule has 0 aliphatic heterocycles. The van der Waals surface area contributed by atoms with Gasteiger partial charge in [0.05, 0.1) is 7.18 Å². The molecule has 1 N–H and O–H groups in total. The lowest BCUT2D eigenvalue weighted by Gasteiger charge is -2.15. The Bertz CT molecular complexity index is 115. The summed E-state index contributed by atoms with van der Waals surface area (Å²) < 4.78 is 22.3. The van der Waals surface area contributed by atoms with Crippen molar-refractivity contribution in [2.75, 3.05) is 7.18 Å². The van der Waals surface area contributed by atoms with E-state index in [1.807, 2.05) is 20.8 Å². The summed E-state index contributed by atoms with van der Waals surface area (Å²) >= 11 is 0. The van der Waals surface area contributed by atoms with Gasteiger partial charge in [0.2, 0.25) is 5.85 Å². The molecule has 0 spiro atoms. The zero-order valence-electron chi connectivity index (χ0n) is 9.27. The van der Waals surface area contributed by atoms with Gasteiger partial charge in [0.25, 0.3) is 0 Å². The molecule has 3 heteroatoms. The Morgan fingerprint density at radius 2 is 1.62 bits per heavy atom. The Hall–Kier alpha value is -0.180. The SMILES string of the molecule is CC.CC1CC(C)C(O)(F)C1.CF. The van der Waals surface area contributed by atoms with Crippen molar-refractivity contribution >= 4 is 0 Å². The fourth-order valence-electron chi connectivity index (χ4n) is 1.56. The summed E-state index contributed by atoms with van der Waals surface area (Å²) in [5.74, 6) is -1.71. The Morgan fingerprint density at radius 1 is 1.23 bits per heavy atom. The Labute approximate surface area is 80.2 Å². The van der Waals surface area contributed by atoms with E-state index in [1.54, 1.807) is 6.92 Å². The smallest absolute Gasteiger partial charge is 0.209 e. The summed E-state index contributed by atoms with van der Waals surface area (Å²) in [4.78, 5) is 0. The van der Waals surface area contributed by atoms with E-state index in [0.717, 1.165) is 6.42 Å². The van der Waals surface area contributed by atoms with Crippen LogP contribution in [-0.4, -0.2) is 18.1 Å². The van der Waals surface area contributed by atoms with E-state index >= 15 is 0 Å². The lowest BCUT2D eigenvalue weighted by Crippen LogP contribution is -2.24. The average Bonchev–Trinajstić information content (AvgIpc) is 2.32. The van der Waals surface area contributed by atoms with Crippen molar-refractivity contribution in [3.8, 4) is 0 Å². The van der Waals surface area contributed by atoms with Gasteiger partial charge in [0, 0.05) is 12.3 Å². The maximum absolute atomic E-state index is 12.8. The molecule has 0 heterocycles. The minimum absolute atomic E-state index is 0.174. The summed E-state index contributed by atoms with van der Waals surface area (Å²) in [5, 5.41) is 8.97. The monoisotopic (exact) mass is 196 g/mol. The number of aliphatic hydroxyl groups is 1. The van der Waals surface area contributed by atoms with E-state index in [9.17, 15) is 8.78 Å². The molecule has 1 saturated carbocycles. The van der Waals surface area contributed by atoms with E-state index in [-0.39, 0.29) is 5.92 Å². The predicted molar refractivity (Wildman–Crippen MR) is 52.0 cm³/mol. The Kier molecular flexibility index (Phi) is 8.53. The second-order valence-corrected chi connectivity index (χ2v) is 3.26. The molecule has 82 valence electrons. The first-order valence-corrected chi connectivity index (χ1v) is 4.81. The van der Waals surface area contributed by atoms with E-state index < -0.39 is 5.85 Å². The second-order valence-electron chi connectivity index (χ2n) is 3.26. The number of rotatable bonds is 0. The third kappa shape index (κ3) is 5.19. The first-order chi connectivity index (χ1) is 6.02. The molecule has 1 aliphatic carbocycles. The standard InChI is InChI=1S/C7H13FO.C2H6.CH3F/c1-5-3-6(2)7(8,9)4-5;2*1-2/h5-6,9H,3-4H2,1-2H3;1-2H3;1H3. The highest BCUT2D eigenvalue weighted by molar-refractivity contribution is 4.84. The quantitative estimate of drug-likeness (QED) is 0.630. The van der Waals surface area contributed by atoms with Crippen molar-refractivity contribution in [3.05, 3.63) is 0 Å². The van der Waals surface area contributed by atoms with E-state index in [4.69, 9.17) is 5.11 Å². The third-order valence-corrected chi connectivity index (χ3v) is 2.15. The van der Waals surface area contributed by atoms with Gasteiger partial charge >= 0.3 is 0 Å². The van der Waals surface area contributed by atoms with Crippen molar-refractivity contribution in [3.63, 3.8) is 0 Å². The van der Waals surface area contributed by atoms with Crippen LogP contribution in [0.4, 0.5) is 8.78 Å². The first-order valence-electron chi connectivity index (χ1n) is 4.81. The van der Waals surface area contributed by atoms with Gasteiger partial charge in [-0.2, -0.15) is 0 Å².